The third-order valence-corrected chi connectivity index (χ3v) is 4.53. The average molecular weight is 387 g/mol. The Labute approximate surface area is 156 Å². The van der Waals surface area contributed by atoms with Crippen LogP contribution in [0.2, 0.25) is 0 Å². The SMILES string of the molecule is NC(=O)c1cc(N2CCc3c(cccc3[N+](=O)[O-])C2)c([N+](=O)[O-])cc1[N+](=O)[O-]. The topological polar surface area (TPSA) is 176 Å². The molecule has 12 heteroatoms. The smallest absolute Gasteiger partial charge is 0.299 e. The summed E-state index contributed by atoms with van der Waals surface area (Å²) in [7, 11) is 0. The Morgan fingerprint density at radius 1 is 0.964 bits per heavy atom. The maximum absolute atomic E-state index is 11.6. The number of primary amides is 1. The van der Waals surface area contributed by atoms with Gasteiger partial charge in [0.2, 0.25) is 0 Å². The highest BCUT2D eigenvalue weighted by Gasteiger charge is 2.32. The predicted molar refractivity (Wildman–Crippen MR) is 96.1 cm³/mol. The first kappa shape index (κ1) is 18.7. The first-order valence-corrected chi connectivity index (χ1v) is 7.97. The molecule has 28 heavy (non-hydrogen) atoms. The third kappa shape index (κ3) is 3.18. The summed E-state index contributed by atoms with van der Waals surface area (Å²) in [5.41, 5.74) is 4.54. The number of nitro benzene ring substituents is 3. The summed E-state index contributed by atoms with van der Waals surface area (Å²) in [6.45, 7) is 0.294. The van der Waals surface area contributed by atoms with Gasteiger partial charge in [0.05, 0.1) is 20.8 Å². The van der Waals surface area contributed by atoms with Crippen LogP contribution in [0.1, 0.15) is 21.5 Å². The molecule has 12 nitrogen and oxygen atoms in total. The maximum Gasteiger partial charge on any atom is 0.299 e. The average Bonchev–Trinajstić information content (AvgIpc) is 2.65. The van der Waals surface area contributed by atoms with Gasteiger partial charge in [0.1, 0.15) is 11.3 Å². The number of carbonyl (C=O) groups excluding carboxylic acids is 1. The lowest BCUT2D eigenvalue weighted by Gasteiger charge is -2.30. The normalized spacial score (nSPS) is 12.9. The fourth-order valence-corrected chi connectivity index (χ4v) is 3.28. The van der Waals surface area contributed by atoms with Gasteiger partial charge in [0.25, 0.3) is 23.0 Å². The van der Waals surface area contributed by atoms with E-state index in [0.717, 1.165) is 6.07 Å². The van der Waals surface area contributed by atoms with Crippen LogP contribution in [-0.2, 0) is 13.0 Å². The number of benzene rings is 2. The maximum atomic E-state index is 11.6. The van der Waals surface area contributed by atoms with Crippen molar-refractivity contribution >= 4 is 28.7 Å². The molecule has 144 valence electrons. The Hall–Kier alpha value is -4.09. The van der Waals surface area contributed by atoms with Crippen LogP contribution in [-0.4, -0.2) is 27.2 Å². The largest absolute Gasteiger partial charge is 0.365 e. The molecule has 1 aliphatic heterocycles. The van der Waals surface area contributed by atoms with E-state index in [9.17, 15) is 35.1 Å². The van der Waals surface area contributed by atoms with E-state index >= 15 is 0 Å². The number of nitrogens with zero attached hydrogens (tertiary/aromatic N) is 4. The predicted octanol–water partition coefficient (Wildman–Crippen LogP) is 2.07. The van der Waals surface area contributed by atoms with Gasteiger partial charge in [-0.05, 0) is 18.1 Å². The minimum atomic E-state index is -1.09. The van der Waals surface area contributed by atoms with Crippen LogP contribution in [0.4, 0.5) is 22.7 Å². The van der Waals surface area contributed by atoms with Crippen LogP contribution < -0.4 is 10.6 Å². The Kier molecular flexibility index (Phi) is 4.61. The number of anilines is 1. The molecular weight excluding hydrogens is 374 g/mol. The number of carbonyl (C=O) groups is 1. The summed E-state index contributed by atoms with van der Waals surface area (Å²) in [6.07, 6.45) is 0.243. The highest BCUT2D eigenvalue weighted by atomic mass is 16.6. The number of amides is 1. The minimum absolute atomic E-state index is 0.0124. The van der Waals surface area contributed by atoms with E-state index in [4.69, 9.17) is 5.73 Å². The minimum Gasteiger partial charge on any atom is -0.365 e. The fraction of sp³-hybridized carbons (Fsp3) is 0.188. The molecule has 0 aliphatic carbocycles. The number of rotatable bonds is 5. The first-order chi connectivity index (χ1) is 13.2. The van der Waals surface area contributed by atoms with Crippen molar-refractivity contribution in [2.24, 2.45) is 5.73 Å². The summed E-state index contributed by atoms with van der Waals surface area (Å²) in [4.78, 5) is 44.8. The Morgan fingerprint density at radius 3 is 2.18 bits per heavy atom. The van der Waals surface area contributed by atoms with Crippen molar-refractivity contribution in [3.63, 3.8) is 0 Å². The van der Waals surface area contributed by atoms with E-state index in [1.807, 2.05) is 0 Å². The number of nitrogens with two attached hydrogens (primary N) is 1. The molecule has 0 saturated heterocycles. The summed E-state index contributed by atoms with van der Waals surface area (Å²) >= 11 is 0. The highest BCUT2D eigenvalue weighted by molar-refractivity contribution is 5.99. The van der Waals surface area contributed by atoms with E-state index < -0.39 is 37.6 Å². The lowest BCUT2D eigenvalue weighted by atomic mass is 9.97. The van der Waals surface area contributed by atoms with Gasteiger partial charge in [0.15, 0.2) is 0 Å². The van der Waals surface area contributed by atoms with Crippen LogP contribution in [0.3, 0.4) is 0 Å². The molecular formula is C16H13N5O7. The number of fused-ring (bicyclic) bond motifs is 1. The number of nitro groups is 3. The highest BCUT2D eigenvalue weighted by Crippen LogP contribution is 2.38. The fourth-order valence-electron chi connectivity index (χ4n) is 3.28. The summed E-state index contributed by atoms with van der Waals surface area (Å²) in [5, 5.41) is 33.8. The summed E-state index contributed by atoms with van der Waals surface area (Å²) < 4.78 is 0. The zero-order valence-electron chi connectivity index (χ0n) is 14.2. The molecule has 0 spiro atoms. The molecule has 2 N–H and O–H groups in total. The lowest BCUT2D eigenvalue weighted by molar-refractivity contribution is -0.393. The van der Waals surface area contributed by atoms with Gasteiger partial charge in [-0.2, -0.15) is 0 Å². The van der Waals surface area contributed by atoms with E-state index in [2.05, 4.69) is 0 Å². The van der Waals surface area contributed by atoms with E-state index in [0.29, 0.717) is 17.2 Å². The molecule has 3 rings (SSSR count). The second kappa shape index (κ2) is 6.90. The van der Waals surface area contributed by atoms with Gasteiger partial charge in [-0.25, -0.2) is 0 Å². The molecule has 2 aromatic carbocycles. The standard InChI is InChI=1S/C16H13N5O7/c17-16(22)11-6-14(15(21(27)28)7-13(11)20(25)26)18-5-4-10-9(8-18)2-1-3-12(10)19(23)24/h1-3,6-7H,4-5,8H2,(H2,17,22). The zero-order chi connectivity index (χ0) is 20.6. The number of hydrogen-bond donors (Lipinski definition) is 1. The quantitative estimate of drug-likeness (QED) is 0.598. The van der Waals surface area contributed by atoms with Gasteiger partial charge in [-0.1, -0.05) is 12.1 Å². The molecule has 0 bridgehead atoms. The molecule has 1 amide bonds. The first-order valence-electron chi connectivity index (χ1n) is 7.97. The van der Waals surface area contributed by atoms with Crippen molar-refractivity contribution in [2.75, 3.05) is 11.4 Å². The second-order valence-corrected chi connectivity index (χ2v) is 6.08. The van der Waals surface area contributed by atoms with Gasteiger partial charge in [-0.15, -0.1) is 0 Å². The monoisotopic (exact) mass is 387 g/mol. The molecule has 0 aromatic heterocycles. The van der Waals surface area contributed by atoms with Crippen molar-refractivity contribution in [1.29, 1.82) is 0 Å². The molecule has 1 heterocycles. The van der Waals surface area contributed by atoms with Gasteiger partial charge in [0, 0.05) is 24.7 Å². The van der Waals surface area contributed by atoms with E-state index in [1.165, 1.54) is 12.1 Å². The Morgan fingerprint density at radius 2 is 1.61 bits per heavy atom. The van der Waals surface area contributed by atoms with Gasteiger partial charge < -0.3 is 10.6 Å². The summed E-state index contributed by atoms with van der Waals surface area (Å²) in [6, 6.07) is 6.30. The van der Waals surface area contributed by atoms with Crippen molar-refractivity contribution in [3.05, 3.63) is 77.4 Å². The van der Waals surface area contributed by atoms with Gasteiger partial charge in [-0.3, -0.25) is 35.1 Å². The molecule has 0 fully saturated rings. The van der Waals surface area contributed by atoms with E-state index in [1.54, 1.807) is 11.0 Å². The van der Waals surface area contributed by atoms with Crippen LogP contribution in [0.25, 0.3) is 0 Å². The molecule has 0 radical (unpaired) electrons. The summed E-state index contributed by atoms with van der Waals surface area (Å²) in [5.74, 6) is -1.09. The van der Waals surface area contributed by atoms with Crippen molar-refractivity contribution in [1.82, 2.24) is 0 Å². The lowest BCUT2D eigenvalue weighted by Crippen LogP contribution is -2.31. The number of hydrogen-bond acceptors (Lipinski definition) is 8. The van der Waals surface area contributed by atoms with E-state index in [-0.39, 0.29) is 30.9 Å². The molecule has 2 aromatic rings. The zero-order valence-corrected chi connectivity index (χ0v) is 14.2. The molecule has 0 saturated carbocycles. The van der Waals surface area contributed by atoms with Crippen molar-refractivity contribution in [3.8, 4) is 0 Å². The van der Waals surface area contributed by atoms with Crippen molar-refractivity contribution < 1.29 is 19.6 Å². The van der Waals surface area contributed by atoms with Gasteiger partial charge >= 0.3 is 0 Å². The van der Waals surface area contributed by atoms with Crippen molar-refractivity contribution in [2.45, 2.75) is 13.0 Å². The second-order valence-electron chi connectivity index (χ2n) is 6.08. The Bertz CT molecular complexity index is 1040. The molecule has 1 aliphatic rings. The van der Waals surface area contributed by atoms with Crippen LogP contribution >= 0.6 is 0 Å². The Balaban J connectivity index is 2.11. The van der Waals surface area contributed by atoms with Crippen LogP contribution in [0.5, 0.6) is 0 Å². The van der Waals surface area contributed by atoms with Crippen LogP contribution in [0, 0.1) is 30.3 Å². The molecule has 0 unspecified atom stereocenters. The van der Waals surface area contributed by atoms with Crippen LogP contribution in [0.15, 0.2) is 30.3 Å². The third-order valence-electron chi connectivity index (χ3n) is 4.53. The molecule has 0 atom stereocenters.